The minimum Gasteiger partial charge on any atom is -0.385 e. The molecular formula is C12H18N2O4S. The predicted octanol–water partition coefficient (Wildman–Crippen LogP) is 0.443. The number of nitrogens with zero attached hydrogens (tertiary/aromatic N) is 1. The highest BCUT2D eigenvalue weighted by atomic mass is 32.2. The molecule has 0 aromatic heterocycles. The van der Waals surface area contributed by atoms with Crippen molar-refractivity contribution >= 4 is 15.9 Å². The summed E-state index contributed by atoms with van der Waals surface area (Å²) in [6.45, 7) is 1.01. The molecule has 0 bridgehead atoms. The van der Waals surface area contributed by atoms with E-state index in [1.807, 2.05) is 0 Å². The summed E-state index contributed by atoms with van der Waals surface area (Å²) in [4.78, 5) is 13.5. The summed E-state index contributed by atoms with van der Waals surface area (Å²) in [7, 11) is -0.719. The fourth-order valence-electron chi connectivity index (χ4n) is 1.64. The van der Waals surface area contributed by atoms with Crippen LogP contribution in [-0.4, -0.2) is 46.5 Å². The van der Waals surface area contributed by atoms with E-state index in [1.54, 1.807) is 20.2 Å². The third-order valence-corrected chi connectivity index (χ3v) is 3.58. The van der Waals surface area contributed by atoms with Gasteiger partial charge in [-0.1, -0.05) is 12.1 Å². The zero-order valence-corrected chi connectivity index (χ0v) is 11.8. The molecule has 0 aliphatic rings. The van der Waals surface area contributed by atoms with Crippen LogP contribution >= 0.6 is 0 Å². The SMILES string of the molecule is COCCCN(C)C(=O)c1ccccc1S(N)(=O)=O. The van der Waals surface area contributed by atoms with Crippen molar-refractivity contribution in [1.82, 2.24) is 4.90 Å². The van der Waals surface area contributed by atoms with Crippen LogP contribution in [0.1, 0.15) is 16.8 Å². The second-order valence-corrected chi connectivity index (χ2v) is 5.64. The molecule has 1 amide bonds. The number of benzene rings is 1. The van der Waals surface area contributed by atoms with Crippen LogP contribution in [0.2, 0.25) is 0 Å². The van der Waals surface area contributed by atoms with Crippen LogP contribution in [0.5, 0.6) is 0 Å². The standard InChI is InChI=1S/C12H18N2O4S/c1-14(8-5-9-18-2)12(15)10-6-3-4-7-11(10)19(13,16)17/h3-4,6-7H,5,8-9H2,1-2H3,(H2,13,16,17). The van der Waals surface area contributed by atoms with E-state index in [2.05, 4.69) is 0 Å². The van der Waals surface area contributed by atoms with E-state index in [-0.39, 0.29) is 16.4 Å². The number of amides is 1. The van der Waals surface area contributed by atoms with Gasteiger partial charge in [-0.2, -0.15) is 0 Å². The number of sulfonamides is 1. The number of primary sulfonamides is 1. The van der Waals surface area contributed by atoms with Crippen LogP contribution in [0.25, 0.3) is 0 Å². The molecule has 0 atom stereocenters. The number of carbonyl (C=O) groups excluding carboxylic acids is 1. The summed E-state index contributed by atoms with van der Waals surface area (Å²) in [5.41, 5.74) is 0.0879. The fraction of sp³-hybridized carbons (Fsp3) is 0.417. The lowest BCUT2D eigenvalue weighted by atomic mass is 10.2. The van der Waals surface area contributed by atoms with Crippen LogP contribution in [-0.2, 0) is 14.8 Å². The Morgan fingerprint density at radius 1 is 1.37 bits per heavy atom. The number of ether oxygens (including phenoxy) is 1. The van der Waals surface area contributed by atoms with Gasteiger partial charge in [-0.3, -0.25) is 4.79 Å². The molecular weight excluding hydrogens is 268 g/mol. The second kappa shape index (κ2) is 6.65. The Bertz CT molecular complexity index is 542. The highest BCUT2D eigenvalue weighted by Gasteiger charge is 2.20. The largest absolute Gasteiger partial charge is 0.385 e. The summed E-state index contributed by atoms with van der Waals surface area (Å²) in [5.74, 6) is -0.374. The molecule has 0 saturated carbocycles. The van der Waals surface area contributed by atoms with Crippen LogP contribution in [0.15, 0.2) is 29.2 Å². The maximum atomic E-state index is 12.2. The van der Waals surface area contributed by atoms with Crippen molar-refractivity contribution in [3.8, 4) is 0 Å². The lowest BCUT2D eigenvalue weighted by Crippen LogP contribution is -2.30. The number of hydrogen-bond donors (Lipinski definition) is 1. The van der Waals surface area contributed by atoms with Gasteiger partial charge in [0.2, 0.25) is 10.0 Å². The minimum atomic E-state index is -3.91. The summed E-state index contributed by atoms with van der Waals surface area (Å²) >= 11 is 0. The lowest BCUT2D eigenvalue weighted by Gasteiger charge is -2.18. The molecule has 19 heavy (non-hydrogen) atoms. The van der Waals surface area contributed by atoms with E-state index >= 15 is 0 Å². The molecule has 0 heterocycles. The zero-order chi connectivity index (χ0) is 14.5. The Morgan fingerprint density at radius 2 is 2.00 bits per heavy atom. The van der Waals surface area contributed by atoms with Gasteiger partial charge in [0.05, 0.1) is 10.5 Å². The van der Waals surface area contributed by atoms with Gasteiger partial charge in [0.1, 0.15) is 0 Å². The topological polar surface area (TPSA) is 89.7 Å². The zero-order valence-electron chi connectivity index (χ0n) is 11.0. The number of hydrogen-bond acceptors (Lipinski definition) is 4. The first kappa shape index (κ1) is 15.6. The predicted molar refractivity (Wildman–Crippen MR) is 71.3 cm³/mol. The van der Waals surface area contributed by atoms with Crippen LogP contribution in [0, 0.1) is 0 Å². The van der Waals surface area contributed by atoms with E-state index in [1.165, 1.54) is 23.1 Å². The van der Waals surface area contributed by atoms with Crippen molar-refractivity contribution in [2.45, 2.75) is 11.3 Å². The molecule has 0 spiro atoms. The molecule has 0 saturated heterocycles. The van der Waals surface area contributed by atoms with Gasteiger partial charge < -0.3 is 9.64 Å². The molecule has 0 aliphatic heterocycles. The van der Waals surface area contributed by atoms with Gasteiger partial charge in [0, 0.05) is 27.3 Å². The second-order valence-electron chi connectivity index (χ2n) is 4.11. The average molecular weight is 286 g/mol. The highest BCUT2D eigenvalue weighted by Crippen LogP contribution is 2.15. The molecule has 7 heteroatoms. The van der Waals surface area contributed by atoms with Gasteiger partial charge in [-0.15, -0.1) is 0 Å². The van der Waals surface area contributed by atoms with Gasteiger partial charge in [-0.25, -0.2) is 13.6 Å². The van der Waals surface area contributed by atoms with Gasteiger partial charge in [0.15, 0.2) is 0 Å². The van der Waals surface area contributed by atoms with E-state index in [4.69, 9.17) is 9.88 Å². The maximum absolute atomic E-state index is 12.2. The molecule has 0 unspecified atom stereocenters. The first-order valence-electron chi connectivity index (χ1n) is 5.74. The lowest BCUT2D eigenvalue weighted by molar-refractivity contribution is 0.0775. The van der Waals surface area contributed by atoms with Crippen LogP contribution in [0.4, 0.5) is 0 Å². The van der Waals surface area contributed by atoms with Crippen molar-refractivity contribution in [2.75, 3.05) is 27.3 Å². The Balaban J connectivity index is 2.94. The van der Waals surface area contributed by atoms with Gasteiger partial charge >= 0.3 is 0 Å². The molecule has 1 aromatic carbocycles. The van der Waals surface area contributed by atoms with E-state index in [9.17, 15) is 13.2 Å². The van der Waals surface area contributed by atoms with Crippen molar-refractivity contribution in [3.05, 3.63) is 29.8 Å². The fourth-order valence-corrected chi connectivity index (χ4v) is 2.37. The molecule has 106 valence electrons. The van der Waals surface area contributed by atoms with E-state index < -0.39 is 10.0 Å². The Morgan fingerprint density at radius 3 is 2.58 bits per heavy atom. The van der Waals surface area contributed by atoms with Crippen LogP contribution < -0.4 is 5.14 Å². The Hall–Kier alpha value is -1.44. The van der Waals surface area contributed by atoms with E-state index in [0.717, 1.165) is 0 Å². The third-order valence-electron chi connectivity index (χ3n) is 2.61. The van der Waals surface area contributed by atoms with Gasteiger partial charge in [-0.05, 0) is 18.6 Å². The normalized spacial score (nSPS) is 11.3. The molecule has 0 radical (unpaired) electrons. The Kier molecular flexibility index (Phi) is 5.46. The minimum absolute atomic E-state index is 0.0879. The Labute approximate surface area is 113 Å². The molecule has 6 nitrogen and oxygen atoms in total. The number of rotatable bonds is 6. The molecule has 2 N–H and O–H groups in total. The number of carbonyl (C=O) groups is 1. The summed E-state index contributed by atoms with van der Waals surface area (Å²) in [5, 5.41) is 5.10. The van der Waals surface area contributed by atoms with Crippen molar-refractivity contribution in [1.29, 1.82) is 0 Å². The third kappa shape index (κ3) is 4.30. The summed E-state index contributed by atoms with van der Waals surface area (Å²) in [6, 6.07) is 5.91. The number of nitrogens with two attached hydrogens (primary N) is 1. The monoisotopic (exact) mass is 286 g/mol. The van der Waals surface area contributed by atoms with Crippen molar-refractivity contribution in [3.63, 3.8) is 0 Å². The summed E-state index contributed by atoms with van der Waals surface area (Å²) in [6.07, 6.45) is 0.677. The first-order chi connectivity index (χ1) is 8.88. The van der Waals surface area contributed by atoms with Crippen molar-refractivity contribution < 1.29 is 17.9 Å². The van der Waals surface area contributed by atoms with Crippen LogP contribution in [0.3, 0.4) is 0 Å². The molecule has 1 aromatic rings. The quantitative estimate of drug-likeness (QED) is 0.768. The smallest absolute Gasteiger partial charge is 0.254 e. The first-order valence-corrected chi connectivity index (χ1v) is 7.28. The molecule has 0 aliphatic carbocycles. The number of methoxy groups -OCH3 is 1. The average Bonchev–Trinajstić information content (AvgIpc) is 2.37. The highest BCUT2D eigenvalue weighted by molar-refractivity contribution is 7.89. The summed E-state index contributed by atoms with van der Waals surface area (Å²) < 4.78 is 27.8. The van der Waals surface area contributed by atoms with Crippen molar-refractivity contribution in [2.24, 2.45) is 5.14 Å². The molecule has 0 fully saturated rings. The van der Waals surface area contributed by atoms with Gasteiger partial charge in [0.25, 0.3) is 5.91 Å². The molecule has 1 rings (SSSR count). The maximum Gasteiger partial charge on any atom is 0.254 e. The van der Waals surface area contributed by atoms with E-state index in [0.29, 0.717) is 19.6 Å².